The number of aromatic nitrogens is 2. The fourth-order valence-electron chi connectivity index (χ4n) is 1.93. The number of aliphatic carboxylic acids is 1. The molecule has 1 atom stereocenters. The van der Waals surface area contributed by atoms with E-state index in [1.54, 1.807) is 12.1 Å². The maximum Gasteiger partial charge on any atom is 0.345 e. The molecular weight excluding hydrogens is 280 g/mol. The van der Waals surface area contributed by atoms with Crippen molar-refractivity contribution < 1.29 is 19.4 Å². The maximum atomic E-state index is 10.9. The first-order valence-corrected chi connectivity index (χ1v) is 6.96. The summed E-state index contributed by atoms with van der Waals surface area (Å²) in [6.45, 7) is 1.97. The van der Waals surface area contributed by atoms with E-state index in [2.05, 4.69) is 9.36 Å². The van der Waals surface area contributed by atoms with Gasteiger partial charge in [-0.15, -0.1) is 0 Å². The van der Waals surface area contributed by atoms with Gasteiger partial charge in [-0.2, -0.15) is 9.36 Å². The molecule has 0 saturated carbocycles. The fourth-order valence-corrected chi connectivity index (χ4v) is 2.57. The molecule has 2 heterocycles. The van der Waals surface area contributed by atoms with Crippen LogP contribution in [0.2, 0.25) is 0 Å². The van der Waals surface area contributed by atoms with Crippen LogP contribution in [0.5, 0.6) is 16.7 Å². The highest BCUT2D eigenvalue weighted by atomic mass is 32.1. The number of ether oxygens (including phenoxy) is 2. The topological polar surface area (TPSA) is 81.5 Å². The molecule has 1 aromatic heterocycles. The highest BCUT2D eigenvalue weighted by Crippen LogP contribution is 2.34. The molecule has 0 amide bonds. The molecule has 1 aliphatic heterocycles. The molecule has 0 fully saturated rings. The van der Waals surface area contributed by atoms with Crippen LogP contribution < -0.4 is 9.47 Å². The van der Waals surface area contributed by atoms with Crippen molar-refractivity contribution in [1.29, 1.82) is 0 Å². The minimum Gasteiger partial charge on any atom is -0.478 e. The molecular formula is C13H12N2O4S. The molecule has 0 bridgehead atoms. The molecule has 7 heteroatoms. The van der Waals surface area contributed by atoms with Gasteiger partial charge in [0.2, 0.25) is 0 Å². The number of aryl methyl sites for hydroxylation is 1. The number of carbonyl (C=O) groups is 1. The van der Waals surface area contributed by atoms with Gasteiger partial charge in [-0.25, -0.2) is 4.79 Å². The Morgan fingerprint density at radius 2 is 2.45 bits per heavy atom. The van der Waals surface area contributed by atoms with Gasteiger partial charge in [0.1, 0.15) is 17.3 Å². The summed E-state index contributed by atoms with van der Waals surface area (Å²) in [5.41, 5.74) is 0.872. The summed E-state index contributed by atoms with van der Waals surface area (Å²) in [7, 11) is 0. The van der Waals surface area contributed by atoms with Crippen molar-refractivity contribution in [2.45, 2.75) is 25.9 Å². The van der Waals surface area contributed by atoms with Crippen LogP contribution in [0, 0.1) is 0 Å². The predicted octanol–water partition coefficient (Wildman–Crippen LogP) is 2.28. The Balaban J connectivity index is 1.77. The molecule has 6 nitrogen and oxygen atoms in total. The summed E-state index contributed by atoms with van der Waals surface area (Å²) < 4.78 is 15.1. The zero-order valence-electron chi connectivity index (χ0n) is 10.7. The largest absolute Gasteiger partial charge is 0.478 e. The normalized spacial score (nSPS) is 16.6. The number of nitrogens with zero attached hydrogens (tertiary/aromatic N) is 2. The van der Waals surface area contributed by atoms with Gasteiger partial charge in [-0.3, -0.25) is 0 Å². The lowest BCUT2D eigenvalue weighted by Gasteiger charge is -2.05. The van der Waals surface area contributed by atoms with Gasteiger partial charge >= 0.3 is 5.97 Å². The third-order valence-corrected chi connectivity index (χ3v) is 3.59. The summed E-state index contributed by atoms with van der Waals surface area (Å²) in [6, 6.07) is 5.28. The second-order valence-corrected chi connectivity index (χ2v) is 5.06. The van der Waals surface area contributed by atoms with Gasteiger partial charge in [0, 0.05) is 30.4 Å². The summed E-state index contributed by atoms with van der Waals surface area (Å²) >= 11 is 1.19. The zero-order valence-corrected chi connectivity index (χ0v) is 11.5. The van der Waals surface area contributed by atoms with E-state index in [1.165, 1.54) is 11.5 Å². The Kier molecular flexibility index (Phi) is 3.27. The zero-order chi connectivity index (χ0) is 14.1. The monoisotopic (exact) mass is 292 g/mol. The van der Waals surface area contributed by atoms with Gasteiger partial charge in [0.25, 0.3) is 5.19 Å². The molecule has 0 aliphatic carbocycles. The van der Waals surface area contributed by atoms with Gasteiger partial charge in [-0.05, 0) is 11.6 Å². The summed E-state index contributed by atoms with van der Waals surface area (Å²) in [6.07, 6.45) is 0.325. The Morgan fingerprint density at radius 3 is 3.15 bits per heavy atom. The Hall–Kier alpha value is -2.15. The van der Waals surface area contributed by atoms with Crippen molar-refractivity contribution in [3.63, 3.8) is 0 Å². The first-order chi connectivity index (χ1) is 9.65. The third-order valence-electron chi connectivity index (χ3n) is 2.96. The van der Waals surface area contributed by atoms with Crippen molar-refractivity contribution in [2.24, 2.45) is 0 Å². The van der Waals surface area contributed by atoms with Crippen LogP contribution in [-0.4, -0.2) is 26.5 Å². The quantitative estimate of drug-likeness (QED) is 0.931. The average Bonchev–Trinajstić information content (AvgIpc) is 3.04. The molecule has 1 aromatic carbocycles. The lowest BCUT2D eigenvalue weighted by molar-refractivity contribution is -0.144. The van der Waals surface area contributed by atoms with Crippen molar-refractivity contribution in [3.05, 3.63) is 29.6 Å². The summed E-state index contributed by atoms with van der Waals surface area (Å²) in [5, 5.41) is 9.41. The predicted molar refractivity (Wildman–Crippen MR) is 71.6 cm³/mol. The van der Waals surface area contributed by atoms with Crippen molar-refractivity contribution in [2.75, 3.05) is 0 Å². The fraction of sp³-hybridized carbons (Fsp3) is 0.308. The molecule has 20 heavy (non-hydrogen) atoms. The minimum atomic E-state index is -0.958. The number of rotatable bonds is 4. The Labute approximate surface area is 119 Å². The highest BCUT2D eigenvalue weighted by molar-refractivity contribution is 7.07. The second kappa shape index (κ2) is 5.09. The van der Waals surface area contributed by atoms with Crippen LogP contribution in [0.15, 0.2) is 18.2 Å². The van der Waals surface area contributed by atoms with Crippen LogP contribution in [-0.2, 0) is 17.6 Å². The highest BCUT2D eigenvalue weighted by Gasteiger charge is 2.29. The van der Waals surface area contributed by atoms with E-state index in [1.807, 2.05) is 13.0 Å². The van der Waals surface area contributed by atoms with E-state index in [0.29, 0.717) is 23.1 Å². The standard InChI is InChI=1S/C13H12N2O4S/c1-2-11-14-13(20-15-11)18-8-4-3-7-5-10(12(16)17)19-9(7)6-8/h3-4,6,10H,2,5H2,1H3,(H,16,17). The van der Waals surface area contributed by atoms with E-state index < -0.39 is 12.1 Å². The van der Waals surface area contributed by atoms with Crippen molar-refractivity contribution in [1.82, 2.24) is 9.36 Å². The molecule has 1 unspecified atom stereocenters. The van der Waals surface area contributed by atoms with Gasteiger partial charge in [0.05, 0.1) is 0 Å². The first kappa shape index (κ1) is 12.9. The number of carboxylic acids is 1. The minimum absolute atomic E-state index is 0.379. The van der Waals surface area contributed by atoms with E-state index in [0.717, 1.165) is 17.8 Å². The number of hydrogen-bond donors (Lipinski definition) is 1. The summed E-state index contributed by atoms with van der Waals surface area (Å²) in [5.74, 6) is 0.900. The molecule has 1 aliphatic rings. The maximum absolute atomic E-state index is 10.9. The second-order valence-electron chi connectivity index (χ2n) is 4.35. The molecule has 0 spiro atoms. The number of hydrogen-bond acceptors (Lipinski definition) is 6. The van der Waals surface area contributed by atoms with E-state index in [-0.39, 0.29) is 0 Å². The Bertz CT molecular complexity index is 656. The molecule has 2 aromatic rings. The van der Waals surface area contributed by atoms with Crippen LogP contribution >= 0.6 is 11.5 Å². The van der Waals surface area contributed by atoms with Crippen LogP contribution in [0.1, 0.15) is 18.3 Å². The van der Waals surface area contributed by atoms with E-state index >= 15 is 0 Å². The first-order valence-electron chi connectivity index (χ1n) is 6.18. The third kappa shape index (κ3) is 2.44. The SMILES string of the molecule is CCc1nsc(Oc2ccc3c(c2)OC(C(=O)O)C3)n1. The lowest BCUT2D eigenvalue weighted by Crippen LogP contribution is -2.24. The summed E-state index contributed by atoms with van der Waals surface area (Å²) in [4.78, 5) is 15.1. The number of benzene rings is 1. The average molecular weight is 292 g/mol. The van der Waals surface area contributed by atoms with Crippen LogP contribution in [0.4, 0.5) is 0 Å². The smallest absolute Gasteiger partial charge is 0.345 e. The van der Waals surface area contributed by atoms with Crippen LogP contribution in [0.25, 0.3) is 0 Å². The van der Waals surface area contributed by atoms with E-state index in [9.17, 15) is 4.79 Å². The molecule has 1 N–H and O–H groups in total. The molecule has 0 saturated heterocycles. The number of carboxylic acid groups (broad SMARTS) is 1. The molecule has 104 valence electrons. The van der Waals surface area contributed by atoms with Crippen LogP contribution in [0.3, 0.4) is 0 Å². The molecule has 3 rings (SSSR count). The Morgan fingerprint density at radius 1 is 1.60 bits per heavy atom. The lowest BCUT2D eigenvalue weighted by atomic mass is 10.1. The van der Waals surface area contributed by atoms with Crippen molar-refractivity contribution >= 4 is 17.5 Å². The van der Waals surface area contributed by atoms with Gasteiger partial charge in [0.15, 0.2) is 6.10 Å². The van der Waals surface area contributed by atoms with Gasteiger partial charge < -0.3 is 14.6 Å². The van der Waals surface area contributed by atoms with Gasteiger partial charge in [-0.1, -0.05) is 13.0 Å². The molecule has 0 radical (unpaired) electrons. The van der Waals surface area contributed by atoms with E-state index in [4.69, 9.17) is 14.6 Å². The number of fused-ring (bicyclic) bond motifs is 1. The van der Waals surface area contributed by atoms with Crippen molar-refractivity contribution in [3.8, 4) is 16.7 Å².